The van der Waals surface area contributed by atoms with E-state index in [1.54, 1.807) is 17.2 Å². The summed E-state index contributed by atoms with van der Waals surface area (Å²) in [6.45, 7) is 4.51. The van der Waals surface area contributed by atoms with E-state index in [4.69, 9.17) is 0 Å². The average molecular weight is 382 g/mol. The normalized spacial score (nSPS) is 12.3. The van der Waals surface area contributed by atoms with Gasteiger partial charge in [-0.1, -0.05) is 0 Å². The second-order valence-corrected chi connectivity index (χ2v) is 6.27. The lowest BCUT2D eigenvalue weighted by Crippen LogP contribution is -2.14. The molecule has 0 unspecified atom stereocenters. The Morgan fingerprint density at radius 2 is 1.93 bits per heavy atom. The van der Waals surface area contributed by atoms with E-state index in [0.29, 0.717) is 35.6 Å². The van der Waals surface area contributed by atoms with E-state index in [2.05, 4.69) is 40.7 Å². The molecule has 4 aromatic heterocycles. The van der Waals surface area contributed by atoms with Crippen LogP contribution in [-0.4, -0.2) is 39.3 Å². The molecule has 0 fully saturated rings. The summed E-state index contributed by atoms with van der Waals surface area (Å²) in [4.78, 5) is 21.4. The van der Waals surface area contributed by atoms with Gasteiger partial charge in [0.1, 0.15) is 17.5 Å². The molecule has 11 heteroatoms. The molecule has 0 aliphatic carbocycles. The largest absolute Gasteiger partial charge is 0.344 e. The lowest BCUT2D eigenvalue weighted by atomic mass is 10.3. The number of aryl methyl sites for hydroxylation is 2. The van der Waals surface area contributed by atoms with Gasteiger partial charge in [-0.05, 0) is 13.8 Å². The van der Waals surface area contributed by atoms with Crippen molar-refractivity contribution in [2.45, 2.75) is 26.4 Å². The lowest BCUT2D eigenvalue weighted by Gasteiger charge is -2.14. The van der Waals surface area contributed by atoms with Crippen LogP contribution in [0.3, 0.4) is 0 Å². The molecule has 28 heavy (non-hydrogen) atoms. The van der Waals surface area contributed by atoms with Gasteiger partial charge in [-0.15, -0.1) is 0 Å². The lowest BCUT2D eigenvalue weighted by molar-refractivity contribution is 0.604. The first-order chi connectivity index (χ1) is 13.5. The Morgan fingerprint density at radius 1 is 1.14 bits per heavy atom. The molecule has 0 spiro atoms. The van der Waals surface area contributed by atoms with Crippen molar-refractivity contribution in [2.24, 2.45) is 7.05 Å². The third kappa shape index (κ3) is 3.46. The third-order valence-electron chi connectivity index (χ3n) is 4.12. The van der Waals surface area contributed by atoms with Crippen molar-refractivity contribution in [3.8, 4) is 0 Å². The molecular weight excluding hydrogens is 363 g/mol. The second kappa shape index (κ2) is 7.18. The van der Waals surface area contributed by atoms with Crippen LogP contribution in [-0.2, 0) is 13.6 Å². The van der Waals surface area contributed by atoms with Crippen molar-refractivity contribution in [1.82, 2.24) is 39.3 Å². The molecule has 0 saturated carbocycles. The van der Waals surface area contributed by atoms with Crippen LogP contribution in [0.25, 0.3) is 11.0 Å². The van der Waals surface area contributed by atoms with E-state index in [0.717, 1.165) is 17.8 Å². The molecule has 0 aliphatic heterocycles. The van der Waals surface area contributed by atoms with E-state index in [1.807, 2.05) is 31.7 Å². The molecule has 4 rings (SSSR count). The molecule has 0 radical (unpaired) electrons. The van der Waals surface area contributed by atoms with Gasteiger partial charge >= 0.3 is 0 Å². The van der Waals surface area contributed by atoms with Gasteiger partial charge in [-0.25, -0.2) is 24.0 Å². The fourth-order valence-corrected chi connectivity index (χ4v) is 2.75. The molecule has 0 aromatic carbocycles. The van der Waals surface area contributed by atoms with Crippen LogP contribution in [0.4, 0.5) is 22.0 Å². The number of anilines is 3. The maximum Gasteiger partial charge on any atom is 0.227 e. The molecule has 2 N–H and O–H groups in total. The quantitative estimate of drug-likeness (QED) is 0.523. The summed E-state index contributed by atoms with van der Waals surface area (Å²) in [5.41, 5.74) is 0.686. The van der Waals surface area contributed by atoms with Gasteiger partial charge in [-0.3, -0.25) is 0 Å². The van der Waals surface area contributed by atoms with Crippen LogP contribution < -0.4 is 10.6 Å². The van der Waals surface area contributed by atoms with Crippen LogP contribution >= 0.6 is 0 Å². The van der Waals surface area contributed by atoms with Crippen molar-refractivity contribution in [3.63, 3.8) is 0 Å². The second-order valence-electron chi connectivity index (χ2n) is 6.27. The Hall–Kier alpha value is -3.63. The van der Waals surface area contributed by atoms with Crippen LogP contribution in [0.15, 0.2) is 31.1 Å². The molecule has 0 amide bonds. The SMILES string of the molecule is CCn1ncc2c(Nc3cn(C)cn3)nc(N[C@@H](C)c3ncc(F)cn3)nc21. The summed E-state index contributed by atoms with van der Waals surface area (Å²) in [5, 5.41) is 11.5. The first-order valence-corrected chi connectivity index (χ1v) is 8.76. The maximum atomic E-state index is 13.1. The molecule has 144 valence electrons. The molecule has 0 saturated heterocycles. The minimum absolute atomic E-state index is 0.321. The van der Waals surface area contributed by atoms with Crippen LogP contribution in [0, 0.1) is 5.82 Å². The topological polar surface area (TPSA) is 111 Å². The zero-order chi connectivity index (χ0) is 19.7. The van der Waals surface area contributed by atoms with Gasteiger partial charge in [0, 0.05) is 19.8 Å². The Labute approximate surface area is 159 Å². The predicted octanol–water partition coefficient (Wildman–Crippen LogP) is 2.43. The third-order valence-corrected chi connectivity index (χ3v) is 4.12. The number of aromatic nitrogens is 8. The van der Waals surface area contributed by atoms with Crippen molar-refractivity contribution in [2.75, 3.05) is 10.6 Å². The first-order valence-electron chi connectivity index (χ1n) is 8.76. The molecule has 0 bridgehead atoms. The van der Waals surface area contributed by atoms with E-state index in [9.17, 15) is 4.39 Å². The Bertz CT molecular complexity index is 1100. The smallest absolute Gasteiger partial charge is 0.227 e. The van der Waals surface area contributed by atoms with Crippen LogP contribution in [0.2, 0.25) is 0 Å². The summed E-state index contributed by atoms with van der Waals surface area (Å²) in [5.74, 6) is 1.57. The summed E-state index contributed by atoms with van der Waals surface area (Å²) in [7, 11) is 1.89. The van der Waals surface area contributed by atoms with Crippen molar-refractivity contribution in [3.05, 3.63) is 42.8 Å². The predicted molar refractivity (Wildman–Crippen MR) is 102 cm³/mol. The van der Waals surface area contributed by atoms with Crippen molar-refractivity contribution >= 4 is 28.6 Å². The highest BCUT2D eigenvalue weighted by Crippen LogP contribution is 2.25. The van der Waals surface area contributed by atoms with E-state index in [1.165, 1.54) is 0 Å². The fourth-order valence-electron chi connectivity index (χ4n) is 2.75. The minimum atomic E-state index is -0.484. The van der Waals surface area contributed by atoms with Gasteiger partial charge in [-0.2, -0.15) is 15.1 Å². The van der Waals surface area contributed by atoms with Gasteiger partial charge in [0.25, 0.3) is 0 Å². The fraction of sp³-hybridized carbons (Fsp3) is 0.294. The van der Waals surface area contributed by atoms with E-state index in [-0.39, 0.29) is 6.04 Å². The minimum Gasteiger partial charge on any atom is -0.344 e. The van der Waals surface area contributed by atoms with Gasteiger partial charge in [0.15, 0.2) is 11.5 Å². The van der Waals surface area contributed by atoms with E-state index >= 15 is 0 Å². The van der Waals surface area contributed by atoms with Gasteiger partial charge in [0.2, 0.25) is 5.95 Å². The number of rotatable bonds is 6. The highest BCUT2D eigenvalue weighted by atomic mass is 19.1. The molecular formula is C17H19FN10. The summed E-state index contributed by atoms with van der Waals surface area (Å²) in [6, 6.07) is -0.321. The Kier molecular flexibility index (Phi) is 4.55. The highest BCUT2D eigenvalue weighted by molar-refractivity contribution is 5.89. The zero-order valence-electron chi connectivity index (χ0n) is 15.6. The number of nitrogens with one attached hydrogen (secondary N) is 2. The molecule has 4 heterocycles. The Morgan fingerprint density at radius 3 is 2.61 bits per heavy atom. The Balaban J connectivity index is 1.70. The summed E-state index contributed by atoms with van der Waals surface area (Å²) in [6.07, 6.45) is 7.53. The summed E-state index contributed by atoms with van der Waals surface area (Å²) >= 11 is 0. The first kappa shape index (κ1) is 17.8. The molecule has 10 nitrogen and oxygen atoms in total. The highest BCUT2D eigenvalue weighted by Gasteiger charge is 2.16. The van der Waals surface area contributed by atoms with Crippen molar-refractivity contribution in [1.29, 1.82) is 0 Å². The number of hydrogen-bond acceptors (Lipinski definition) is 8. The molecule has 0 aliphatic rings. The van der Waals surface area contributed by atoms with Gasteiger partial charge < -0.3 is 15.2 Å². The monoisotopic (exact) mass is 382 g/mol. The molecule has 1 atom stereocenters. The summed E-state index contributed by atoms with van der Waals surface area (Å²) < 4.78 is 16.7. The standard InChI is InChI=1S/C17H19FN10/c1-4-28-16-12(7-22-28)15(24-13-8-27(3)9-21-13)25-17(26-16)23-10(2)14-19-5-11(18)6-20-14/h5-10H,4H2,1-3H3,(H2,23,24,25,26)/t10-/m0/s1. The number of nitrogens with zero attached hydrogens (tertiary/aromatic N) is 8. The van der Waals surface area contributed by atoms with E-state index < -0.39 is 5.82 Å². The maximum absolute atomic E-state index is 13.1. The zero-order valence-corrected chi connectivity index (χ0v) is 15.6. The molecule has 4 aromatic rings. The van der Waals surface area contributed by atoms with Gasteiger partial charge in [0.05, 0.1) is 36.3 Å². The number of hydrogen-bond donors (Lipinski definition) is 2. The van der Waals surface area contributed by atoms with Crippen LogP contribution in [0.1, 0.15) is 25.7 Å². The number of imidazole rings is 1. The average Bonchev–Trinajstić information content (AvgIpc) is 3.28. The number of fused-ring (bicyclic) bond motifs is 1. The van der Waals surface area contributed by atoms with Crippen LogP contribution in [0.5, 0.6) is 0 Å². The number of halogens is 1. The van der Waals surface area contributed by atoms with Crippen molar-refractivity contribution < 1.29 is 4.39 Å².